The maximum absolute atomic E-state index is 13.0. The molecule has 2 unspecified atom stereocenters. The van der Waals surface area contributed by atoms with Crippen LogP contribution in [-0.2, 0) is 0 Å². The van der Waals surface area contributed by atoms with E-state index in [1.54, 1.807) is 0 Å². The Balaban J connectivity index is 2.24. The van der Waals surface area contributed by atoms with Crippen molar-refractivity contribution < 1.29 is 13.2 Å². The molecule has 2 atom stereocenters. The van der Waals surface area contributed by atoms with Crippen molar-refractivity contribution in [3.63, 3.8) is 0 Å². The van der Waals surface area contributed by atoms with E-state index in [9.17, 15) is 13.2 Å². The molecule has 1 N–H and O–H groups in total. The lowest BCUT2D eigenvalue weighted by atomic mass is 9.82. The predicted octanol–water partition coefficient (Wildman–Crippen LogP) is 1.76. The van der Waals surface area contributed by atoms with Gasteiger partial charge in [0.2, 0.25) is 0 Å². The van der Waals surface area contributed by atoms with Crippen LogP contribution in [0.2, 0.25) is 0 Å². The first-order chi connectivity index (χ1) is 6.89. The van der Waals surface area contributed by atoms with Crippen LogP contribution in [0, 0.1) is 0 Å². The molecule has 15 heavy (non-hydrogen) atoms. The largest absolute Gasteiger partial charge is 0.406 e. The molecule has 0 aromatic heterocycles. The minimum absolute atomic E-state index is 0.0952. The standard InChI is InChI=1S/C10H17F3N2/c1-14-9(10(11,12)13)5-7-3-4-8(6-9)15(7)2/h7-8,14H,3-6H2,1-2H3. The topological polar surface area (TPSA) is 15.3 Å². The normalized spacial score (nSPS) is 42.2. The predicted molar refractivity (Wildman–Crippen MR) is 51.7 cm³/mol. The zero-order valence-electron chi connectivity index (χ0n) is 9.06. The second-order valence-electron chi connectivity index (χ2n) is 4.79. The Kier molecular flexibility index (Phi) is 2.50. The first-order valence-corrected chi connectivity index (χ1v) is 5.37. The van der Waals surface area contributed by atoms with Gasteiger partial charge in [-0.2, -0.15) is 13.2 Å². The molecular formula is C10H17F3N2. The second-order valence-corrected chi connectivity index (χ2v) is 4.79. The molecule has 2 aliphatic heterocycles. The number of hydrogen-bond acceptors (Lipinski definition) is 2. The average molecular weight is 222 g/mol. The van der Waals surface area contributed by atoms with Gasteiger partial charge < -0.3 is 10.2 Å². The number of rotatable bonds is 1. The van der Waals surface area contributed by atoms with E-state index in [2.05, 4.69) is 10.2 Å². The number of hydrogen-bond donors (Lipinski definition) is 1. The van der Waals surface area contributed by atoms with E-state index in [4.69, 9.17) is 0 Å². The quantitative estimate of drug-likeness (QED) is 0.727. The zero-order valence-corrected chi connectivity index (χ0v) is 9.06. The summed E-state index contributed by atoms with van der Waals surface area (Å²) in [6, 6.07) is 0.190. The van der Waals surface area contributed by atoms with Crippen LogP contribution in [-0.4, -0.2) is 42.8 Å². The van der Waals surface area contributed by atoms with Gasteiger partial charge in [0, 0.05) is 12.1 Å². The minimum atomic E-state index is -4.14. The Bertz CT molecular complexity index is 238. The van der Waals surface area contributed by atoms with Gasteiger partial charge >= 0.3 is 6.18 Å². The summed E-state index contributed by atoms with van der Waals surface area (Å²) >= 11 is 0. The van der Waals surface area contributed by atoms with Gasteiger partial charge in [-0.1, -0.05) is 0 Å². The van der Waals surface area contributed by atoms with Gasteiger partial charge in [0.15, 0.2) is 0 Å². The Morgan fingerprint density at radius 3 is 2.00 bits per heavy atom. The number of fused-ring (bicyclic) bond motifs is 2. The summed E-state index contributed by atoms with van der Waals surface area (Å²) in [4.78, 5) is 2.11. The smallest absolute Gasteiger partial charge is 0.307 e. The highest BCUT2D eigenvalue weighted by Crippen LogP contribution is 2.46. The van der Waals surface area contributed by atoms with Crippen LogP contribution < -0.4 is 5.32 Å². The SMILES string of the molecule is CNC1(C(F)(F)F)CC2CCC(C1)N2C. The van der Waals surface area contributed by atoms with E-state index in [1.165, 1.54) is 7.05 Å². The highest BCUT2D eigenvalue weighted by molar-refractivity contribution is 5.07. The van der Waals surface area contributed by atoms with Crippen LogP contribution in [0.25, 0.3) is 0 Å². The summed E-state index contributed by atoms with van der Waals surface area (Å²) < 4.78 is 39.1. The third kappa shape index (κ3) is 1.56. The van der Waals surface area contributed by atoms with Crippen molar-refractivity contribution in [1.29, 1.82) is 0 Å². The molecule has 2 fully saturated rings. The second kappa shape index (κ2) is 3.35. The van der Waals surface area contributed by atoms with Gasteiger partial charge in [-0.25, -0.2) is 0 Å². The lowest BCUT2D eigenvalue weighted by Crippen LogP contribution is -2.63. The maximum Gasteiger partial charge on any atom is 0.406 e. The highest BCUT2D eigenvalue weighted by Gasteiger charge is 2.59. The number of nitrogens with zero attached hydrogens (tertiary/aromatic N) is 1. The van der Waals surface area contributed by atoms with Crippen molar-refractivity contribution in [3.8, 4) is 0 Å². The van der Waals surface area contributed by atoms with Crippen molar-refractivity contribution in [2.24, 2.45) is 0 Å². The van der Waals surface area contributed by atoms with Crippen LogP contribution in [0.4, 0.5) is 13.2 Å². The van der Waals surface area contributed by atoms with E-state index < -0.39 is 11.7 Å². The molecule has 2 saturated heterocycles. The molecule has 2 rings (SSSR count). The molecule has 0 aromatic rings. The van der Waals surface area contributed by atoms with Crippen molar-refractivity contribution in [1.82, 2.24) is 10.2 Å². The summed E-state index contributed by atoms with van der Waals surface area (Å²) in [5, 5.41) is 2.53. The molecule has 0 aliphatic carbocycles. The van der Waals surface area contributed by atoms with Crippen LogP contribution >= 0.6 is 0 Å². The third-order valence-corrected chi connectivity index (χ3v) is 4.17. The average Bonchev–Trinajstić information content (AvgIpc) is 2.40. The molecule has 0 saturated carbocycles. The molecule has 88 valence electrons. The van der Waals surface area contributed by atoms with E-state index in [1.807, 2.05) is 7.05 Å². The summed E-state index contributed by atoms with van der Waals surface area (Å²) in [6.07, 6.45) is -1.94. The van der Waals surface area contributed by atoms with Crippen LogP contribution in [0.5, 0.6) is 0 Å². The fourth-order valence-electron chi connectivity index (χ4n) is 3.05. The molecule has 2 heterocycles. The first-order valence-electron chi connectivity index (χ1n) is 5.37. The van der Waals surface area contributed by atoms with Crippen LogP contribution in [0.3, 0.4) is 0 Å². The molecule has 2 aliphatic rings. The Morgan fingerprint density at radius 2 is 1.67 bits per heavy atom. The van der Waals surface area contributed by atoms with E-state index in [0.717, 1.165) is 12.8 Å². The van der Waals surface area contributed by atoms with Crippen molar-refractivity contribution in [3.05, 3.63) is 0 Å². The monoisotopic (exact) mass is 222 g/mol. The summed E-state index contributed by atoms with van der Waals surface area (Å²) in [5.74, 6) is 0. The zero-order chi connectivity index (χ0) is 11.3. The minimum Gasteiger partial charge on any atom is -0.307 e. The van der Waals surface area contributed by atoms with Gasteiger partial charge in [-0.05, 0) is 39.8 Å². The Morgan fingerprint density at radius 1 is 1.20 bits per heavy atom. The van der Waals surface area contributed by atoms with Gasteiger partial charge in [0.25, 0.3) is 0 Å². The summed E-state index contributed by atoms with van der Waals surface area (Å²) in [6.45, 7) is 0. The van der Waals surface area contributed by atoms with E-state index in [0.29, 0.717) is 0 Å². The fraction of sp³-hybridized carbons (Fsp3) is 1.00. The molecule has 0 aromatic carbocycles. The number of piperidine rings is 1. The maximum atomic E-state index is 13.0. The van der Waals surface area contributed by atoms with E-state index in [-0.39, 0.29) is 24.9 Å². The summed E-state index contributed by atoms with van der Waals surface area (Å²) in [7, 11) is 3.37. The lowest BCUT2D eigenvalue weighted by Gasteiger charge is -2.46. The van der Waals surface area contributed by atoms with Gasteiger partial charge in [0.1, 0.15) is 5.54 Å². The first kappa shape index (κ1) is 11.2. The van der Waals surface area contributed by atoms with Crippen LogP contribution in [0.1, 0.15) is 25.7 Å². The Hall–Kier alpha value is -0.290. The molecule has 5 heteroatoms. The van der Waals surface area contributed by atoms with Crippen LogP contribution in [0.15, 0.2) is 0 Å². The molecule has 2 nitrogen and oxygen atoms in total. The summed E-state index contributed by atoms with van der Waals surface area (Å²) in [5.41, 5.74) is -1.65. The Labute approximate surface area is 87.8 Å². The van der Waals surface area contributed by atoms with Gasteiger partial charge in [-0.15, -0.1) is 0 Å². The third-order valence-electron chi connectivity index (χ3n) is 4.17. The highest BCUT2D eigenvalue weighted by atomic mass is 19.4. The number of halogens is 3. The van der Waals surface area contributed by atoms with Gasteiger partial charge in [-0.3, -0.25) is 0 Å². The molecule has 0 spiro atoms. The lowest BCUT2D eigenvalue weighted by molar-refractivity contribution is -0.212. The molecular weight excluding hydrogens is 205 g/mol. The van der Waals surface area contributed by atoms with Gasteiger partial charge in [0.05, 0.1) is 0 Å². The van der Waals surface area contributed by atoms with Crippen molar-refractivity contribution in [2.75, 3.05) is 14.1 Å². The molecule has 0 radical (unpaired) electrons. The number of nitrogens with one attached hydrogen (secondary N) is 1. The van der Waals surface area contributed by atoms with Crippen molar-refractivity contribution >= 4 is 0 Å². The fourth-order valence-corrected chi connectivity index (χ4v) is 3.05. The van der Waals surface area contributed by atoms with Crippen molar-refractivity contribution in [2.45, 2.75) is 49.5 Å². The molecule has 0 amide bonds. The molecule has 2 bridgehead atoms. The van der Waals surface area contributed by atoms with E-state index >= 15 is 0 Å². The number of alkyl halides is 3.